The Bertz CT molecular complexity index is 1250. The smallest absolute Gasteiger partial charge is 0.193 e. The van der Waals surface area contributed by atoms with E-state index >= 15 is 0 Å². The summed E-state index contributed by atoms with van der Waals surface area (Å²) in [7, 11) is 0. The second-order valence-corrected chi connectivity index (χ2v) is 9.44. The molecule has 1 aliphatic carbocycles. The van der Waals surface area contributed by atoms with E-state index in [-0.39, 0.29) is 23.0 Å². The van der Waals surface area contributed by atoms with Crippen LogP contribution < -0.4 is 10.6 Å². The molecule has 0 saturated carbocycles. The summed E-state index contributed by atoms with van der Waals surface area (Å²) in [5.74, 6) is 1.59. The van der Waals surface area contributed by atoms with Crippen molar-refractivity contribution in [3.63, 3.8) is 0 Å². The second kappa shape index (κ2) is 7.52. The number of carbonyl (C=O) groups excluding carboxylic acids is 2. The van der Waals surface area contributed by atoms with Crippen molar-refractivity contribution < 1.29 is 14.0 Å². The van der Waals surface area contributed by atoms with Gasteiger partial charge in [-0.2, -0.15) is 0 Å². The monoisotopic (exact) mass is 426 g/mol. The van der Waals surface area contributed by atoms with Gasteiger partial charge in [-0.15, -0.1) is 0 Å². The highest BCUT2D eigenvalue weighted by atomic mass is 16.3. The van der Waals surface area contributed by atoms with Crippen LogP contribution in [-0.4, -0.2) is 11.6 Å². The number of ketones is 2. The zero-order chi connectivity index (χ0) is 22.5. The largest absolute Gasteiger partial charge is 0.464 e. The molecule has 0 unspecified atom stereocenters. The maximum absolute atomic E-state index is 13.3. The number of aryl methyl sites for hydroxylation is 1. The van der Waals surface area contributed by atoms with E-state index in [0.717, 1.165) is 29.3 Å². The van der Waals surface area contributed by atoms with Crippen LogP contribution in [0, 0.1) is 12.3 Å². The molecule has 2 heterocycles. The fourth-order valence-electron chi connectivity index (χ4n) is 4.66. The van der Waals surface area contributed by atoms with Gasteiger partial charge < -0.3 is 15.1 Å². The predicted molar refractivity (Wildman–Crippen MR) is 125 cm³/mol. The molecule has 0 bridgehead atoms. The van der Waals surface area contributed by atoms with Crippen molar-refractivity contribution in [3.8, 4) is 0 Å². The highest BCUT2D eigenvalue weighted by Gasteiger charge is 2.39. The van der Waals surface area contributed by atoms with Gasteiger partial charge in [0.25, 0.3) is 0 Å². The number of furan rings is 1. The molecule has 0 saturated heterocycles. The quantitative estimate of drug-likeness (QED) is 0.500. The minimum Gasteiger partial charge on any atom is -0.464 e. The number of anilines is 2. The molecular formula is C27H26N2O3. The fourth-order valence-corrected chi connectivity index (χ4v) is 4.66. The van der Waals surface area contributed by atoms with Gasteiger partial charge in [-0.1, -0.05) is 44.2 Å². The molecular weight excluding hydrogens is 400 g/mol. The molecule has 5 nitrogen and oxygen atoms in total. The van der Waals surface area contributed by atoms with Crippen LogP contribution in [0.5, 0.6) is 0 Å². The maximum Gasteiger partial charge on any atom is 0.193 e. The molecule has 5 rings (SSSR count). The van der Waals surface area contributed by atoms with Gasteiger partial charge in [0.05, 0.1) is 11.4 Å². The molecule has 0 fully saturated rings. The first-order chi connectivity index (χ1) is 15.3. The number of rotatable bonds is 3. The molecule has 2 N–H and O–H groups in total. The van der Waals surface area contributed by atoms with Crippen LogP contribution in [0.1, 0.15) is 60.2 Å². The normalized spacial score (nSPS) is 19.3. The van der Waals surface area contributed by atoms with Crippen molar-refractivity contribution in [1.29, 1.82) is 0 Å². The lowest BCUT2D eigenvalue weighted by molar-refractivity contribution is -0.118. The molecule has 2 aliphatic rings. The molecule has 1 aliphatic heterocycles. The molecule has 5 heteroatoms. The SMILES string of the molecule is Cc1ccc([C@@H]2Nc3ccc(C(=O)c4ccccc4)cc3NC3=C2C(=O)CC(C)(C)C3)o1. The van der Waals surface area contributed by atoms with Gasteiger partial charge in [-0.3, -0.25) is 9.59 Å². The van der Waals surface area contributed by atoms with Gasteiger partial charge in [0, 0.05) is 28.8 Å². The minimum atomic E-state index is -0.383. The van der Waals surface area contributed by atoms with Crippen molar-refractivity contribution >= 4 is 22.9 Å². The van der Waals surface area contributed by atoms with Crippen molar-refractivity contribution in [2.75, 3.05) is 10.6 Å². The number of allylic oxidation sites excluding steroid dienone is 1. The van der Waals surface area contributed by atoms with E-state index in [2.05, 4.69) is 24.5 Å². The standard InChI is InChI=1S/C27H26N2O3/c1-16-9-12-23(32-16)25-24-21(14-27(2,3)15-22(24)30)28-20-13-18(10-11-19(20)29-25)26(31)17-7-5-4-6-8-17/h4-13,25,28-29H,14-15H2,1-3H3/t25-/m0/s1. The third kappa shape index (κ3) is 3.64. The van der Waals surface area contributed by atoms with E-state index in [0.29, 0.717) is 28.9 Å². The van der Waals surface area contributed by atoms with E-state index in [9.17, 15) is 9.59 Å². The molecule has 0 spiro atoms. The summed E-state index contributed by atoms with van der Waals surface area (Å²) in [5.41, 5.74) is 4.32. The van der Waals surface area contributed by atoms with E-state index in [1.807, 2.05) is 67.6 Å². The summed E-state index contributed by atoms with van der Waals surface area (Å²) in [6.45, 7) is 6.11. The van der Waals surface area contributed by atoms with Gasteiger partial charge in [0.2, 0.25) is 0 Å². The first kappa shape index (κ1) is 20.3. The van der Waals surface area contributed by atoms with Crippen LogP contribution in [0.25, 0.3) is 0 Å². The predicted octanol–water partition coefficient (Wildman–Crippen LogP) is 6.04. The van der Waals surface area contributed by atoms with Gasteiger partial charge in [-0.25, -0.2) is 0 Å². The Morgan fingerprint density at radius 3 is 2.47 bits per heavy atom. The Morgan fingerprint density at radius 2 is 1.75 bits per heavy atom. The van der Waals surface area contributed by atoms with Crippen molar-refractivity contribution in [2.45, 2.75) is 39.7 Å². The maximum atomic E-state index is 13.3. The third-order valence-corrected chi connectivity index (χ3v) is 6.16. The summed E-state index contributed by atoms with van der Waals surface area (Å²) < 4.78 is 5.93. The molecule has 0 radical (unpaired) electrons. The van der Waals surface area contributed by atoms with E-state index in [1.165, 1.54) is 0 Å². The Labute approximate surface area is 187 Å². The summed E-state index contributed by atoms with van der Waals surface area (Å²) in [6, 6.07) is 18.3. The van der Waals surface area contributed by atoms with Crippen LogP contribution in [-0.2, 0) is 4.79 Å². The van der Waals surface area contributed by atoms with Gasteiger partial charge in [0.15, 0.2) is 11.6 Å². The minimum absolute atomic E-state index is 0.0353. The Hall–Kier alpha value is -3.60. The van der Waals surface area contributed by atoms with E-state index in [1.54, 1.807) is 0 Å². The molecule has 2 aromatic carbocycles. The lowest BCUT2D eigenvalue weighted by Crippen LogP contribution is -2.31. The zero-order valence-corrected chi connectivity index (χ0v) is 18.5. The third-order valence-electron chi connectivity index (χ3n) is 6.16. The van der Waals surface area contributed by atoms with Gasteiger partial charge >= 0.3 is 0 Å². The number of hydrogen-bond acceptors (Lipinski definition) is 5. The van der Waals surface area contributed by atoms with Crippen molar-refractivity contribution in [2.24, 2.45) is 5.41 Å². The second-order valence-electron chi connectivity index (χ2n) is 9.44. The average Bonchev–Trinajstić information content (AvgIpc) is 3.11. The fraction of sp³-hybridized carbons (Fsp3) is 0.259. The first-order valence-electron chi connectivity index (χ1n) is 10.9. The van der Waals surface area contributed by atoms with Crippen LogP contribution in [0.15, 0.2) is 76.4 Å². The summed E-state index contributed by atoms with van der Waals surface area (Å²) in [4.78, 5) is 26.3. The number of fused-ring (bicyclic) bond motifs is 1. The highest BCUT2D eigenvalue weighted by molar-refractivity contribution is 6.10. The number of carbonyl (C=O) groups is 2. The molecule has 1 aromatic heterocycles. The number of benzene rings is 2. The molecule has 0 amide bonds. The molecule has 162 valence electrons. The summed E-state index contributed by atoms with van der Waals surface area (Å²) in [6.07, 6.45) is 1.22. The van der Waals surface area contributed by atoms with Crippen molar-refractivity contribution in [3.05, 3.63) is 94.6 Å². The summed E-state index contributed by atoms with van der Waals surface area (Å²) >= 11 is 0. The van der Waals surface area contributed by atoms with Crippen molar-refractivity contribution in [1.82, 2.24) is 0 Å². The Balaban J connectivity index is 1.60. The molecule has 1 atom stereocenters. The first-order valence-corrected chi connectivity index (χ1v) is 10.9. The van der Waals surface area contributed by atoms with Gasteiger partial charge in [-0.05, 0) is 49.1 Å². The van der Waals surface area contributed by atoms with Crippen LogP contribution in [0.3, 0.4) is 0 Å². The molecule has 32 heavy (non-hydrogen) atoms. The van der Waals surface area contributed by atoms with Crippen LogP contribution in [0.4, 0.5) is 11.4 Å². The van der Waals surface area contributed by atoms with Crippen LogP contribution in [0.2, 0.25) is 0 Å². The lowest BCUT2D eigenvalue weighted by Gasteiger charge is -2.33. The van der Waals surface area contributed by atoms with Gasteiger partial charge in [0.1, 0.15) is 17.6 Å². The Kier molecular flexibility index (Phi) is 4.77. The zero-order valence-electron chi connectivity index (χ0n) is 18.5. The topological polar surface area (TPSA) is 71.3 Å². The number of Topliss-reactive ketones (excluding diaryl/α,β-unsaturated/α-hetero) is 1. The molecule has 3 aromatic rings. The number of hydrogen-bond donors (Lipinski definition) is 2. The summed E-state index contributed by atoms with van der Waals surface area (Å²) in [5, 5.41) is 7.01. The van der Waals surface area contributed by atoms with E-state index < -0.39 is 0 Å². The Morgan fingerprint density at radius 1 is 0.969 bits per heavy atom. The number of nitrogens with one attached hydrogen (secondary N) is 2. The highest BCUT2D eigenvalue weighted by Crippen LogP contribution is 2.45. The average molecular weight is 427 g/mol. The lowest BCUT2D eigenvalue weighted by atomic mass is 9.74. The van der Waals surface area contributed by atoms with Crippen LogP contribution >= 0.6 is 0 Å². The van der Waals surface area contributed by atoms with E-state index in [4.69, 9.17) is 4.42 Å².